The molecule has 1 aromatic heterocycles. The van der Waals surface area contributed by atoms with Crippen molar-refractivity contribution in [2.45, 2.75) is 31.7 Å². The lowest BCUT2D eigenvalue weighted by atomic mass is 10.3. The molecular weight excluding hydrogens is 238 g/mol. The van der Waals surface area contributed by atoms with E-state index in [0.29, 0.717) is 12.3 Å². The summed E-state index contributed by atoms with van der Waals surface area (Å²) < 4.78 is 5.18. The highest BCUT2D eigenvalue weighted by Gasteiger charge is 2.15. The molecule has 2 atom stereocenters. The predicted octanol–water partition coefficient (Wildman–Crippen LogP) is 1.74. The van der Waals surface area contributed by atoms with Gasteiger partial charge in [-0.25, -0.2) is 0 Å². The van der Waals surface area contributed by atoms with Gasteiger partial charge in [-0.2, -0.15) is 0 Å². The van der Waals surface area contributed by atoms with Crippen LogP contribution in [-0.4, -0.2) is 40.1 Å². The van der Waals surface area contributed by atoms with Gasteiger partial charge >= 0.3 is 0 Å². The quantitative estimate of drug-likeness (QED) is 0.843. The normalized spacial score (nSPS) is 14.4. The van der Waals surface area contributed by atoms with Crippen molar-refractivity contribution in [2.24, 2.45) is 0 Å². The monoisotopic (exact) mass is 257 g/mol. The average molecular weight is 257 g/mol. The van der Waals surface area contributed by atoms with Crippen LogP contribution in [0.2, 0.25) is 0 Å². The predicted molar refractivity (Wildman–Crippen MR) is 68.8 cm³/mol. The van der Waals surface area contributed by atoms with Crippen LogP contribution in [0.4, 0.5) is 0 Å². The minimum atomic E-state index is -0.400. The SMILES string of the molecule is C[C@H](O)[C@H](C)SCC(=O)N(C)Cc1ccco1. The summed E-state index contributed by atoms with van der Waals surface area (Å²) in [7, 11) is 1.75. The molecule has 1 aromatic rings. The zero-order valence-corrected chi connectivity index (χ0v) is 11.2. The van der Waals surface area contributed by atoms with Crippen molar-refractivity contribution in [1.29, 1.82) is 0 Å². The van der Waals surface area contributed by atoms with Gasteiger partial charge in [0.2, 0.25) is 5.91 Å². The van der Waals surface area contributed by atoms with Crippen LogP contribution in [0.15, 0.2) is 22.8 Å². The Kier molecular flexibility index (Phi) is 5.58. The van der Waals surface area contributed by atoms with Crippen molar-refractivity contribution in [1.82, 2.24) is 4.90 Å². The Morgan fingerprint density at radius 3 is 2.82 bits per heavy atom. The van der Waals surface area contributed by atoms with Crippen molar-refractivity contribution in [3.05, 3.63) is 24.2 Å². The van der Waals surface area contributed by atoms with E-state index in [1.807, 2.05) is 13.0 Å². The number of carbonyl (C=O) groups is 1. The number of hydrogen-bond acceptors (Lipinski definition) is 4. The number of nitrogens with zero attached hydrogens (tertiary/aromatic N) is 1. The molecule has 5 heteroatoms. The molecule has 1 N–H and O–H groups in total. The molecule has 0 aliphatic rings. The summed E-state index contributed by atoms with van der Waals surface area (Å²) >= 11 is 1.46. The third kappa shape index (κ3) is 4.83. The molecule has 17 heavy (non-hydrogen) atoms. The molecule has 1 rings (SSSR count). The summed E-state index contributed by atoms with van der Waals surface area (Å²) in [6.45, 7) is 4.12. The third-order valence-electron chi connectivity index (χ3n) is 2.55. The summed E-state index contributed by atoms with van der Waals surface area (Å²) in [6, 6.07) is 3.65. The first-order valence-electron chi connectivity index (χ1n) is 5.56. The second kappa shape index (κ2) is 6.71. The average Bonchev–Trinajstić information content (AvgIpc) is 2.77. The number of aliphatic hydroxyl groups is 1. The topological polar surface area (TPSA) is 53.7 Å². The minimum Gasteiger partial charge on any atom is -0.467 e. The molecule has 0 aromatic carbocycles. The number of carbonyl (C=O) groups excluding carboxylic acids is 1. The zero-order valence-electron chi connectivity index (χ0n) is 10.4. The fraction of sp³-hybridized carbons (Fsp3) is 0.583. The molecule has 0 unspecified atom stereocenters. The van der Waals surface area contributed by atoms with Gasteiger partial charge in [0.05, 0.1) is 24.7 Å². The molecule has 0 radical (unpaired) electrons. The van der Waals surface area contributed by atoms with E-state index in [0.717, 1.165) is 5.76 Å². The molecular formula is C12H19NO3S. The molecule has 0 saturated heterocycles. The number of furan rings is 1. The van der Waals surface area contributed by atoms with Gasteiger partial charge in [-0.05, 0) is 19.1 Å². The van der Waals surface area contributed by atoms with Crippen LogP contribution in [0, 0.1) is 0 Å². The second-order valence-corrected chi connectivity index (χ2v) is 5.45. The van der Waals surface area contributed by atoms with Crippen LogP contribution in [0.25, 0.3) is 0 Å². The maximum Gasteiger partial charge on any atom is 0.232 e. The van der Waals surface area contributed by atoms with E-state index in [4.69, 9.17) is 4.42 Å². The van der Waals surface area contributed by atoms with E-state index in [-0.39, 0.29) is 11.2 Å². The summed E-state index contributed by atoms with van der Waals surface area (Å²) in [5.41, 5.74) is 0. The van der Waals surface area contributed by atoms with Crippen LogP contribution in [-0.2, 0) is 11.3 Å². The minimum absolute atomic E-state index is 0.0406. The molecule has 0 fully saturated rings. The Balaban J connectivity index is 2.32. The molecule has 1 heterocycles. The van der Waals surface area contributed by atoms with Gasteiger partial charge in [0, 0.05) is 12.3 Å². The lowest BCUT2D eigenvalue weighted by Gasteiger charge is -2.18. The first kappa shape index (κ1) is 14.1. The number of thioether (sulfide) groups is 1. The number of amides is 1. The summed E-state index contributed by atoms with van der Waals surface area (Å²) in [4.78, 5) is 13.4. The van der Waals surface area contributed by atoms with Gasteiger partial charge < -0.3 is 14.4 Å². The van der Waals surface area contributed by atoms with E-state index >= 15 is 0 Å². The van der Waals surface area contributed by atoms with Crippen molar-refractivity contribution in [3.8, 4) is 0 Å². The van der Waals surface area contributed by atoms with Gasteiger partial charge in [0.25, 0.3) is 0 Å². The standard InChI is InChI=1S/C12H19NO3S/c1-9(14)10(2)17-8-12(15)13(3)7-11-5-4-6-16-11/h4-6,9-10,14H,7-8H2,1-3H3/t9-,10-/m0/s1. The number of aliphatic hydroxyl groups excluding tert-OH is 1. The van der Waals surface area contributed by atoms with E-state index in [9.17, 15) is 9.90 Å². The van der Waals surface area contributed by atoms with E-state index < -0.39 is 6.10 Å². The largest absolute Gasteiger partial charge is 0.467 e. The van der Waals surface area contributed by atoms with Gasteiger partial charge in [0.1, 0.15) is 5.76 Å². The first-order chi connectivity index (χ1) is 8.00. The van der Waals surface area contributed by atoms with E-state index in [1.165, 1.54) is 11.8 Å². The smallest absolute Gasteiger partial charge is 0.232 e. The molecule has 0 saturated carbocycles. The maximum absolute atomic E-state index is 11.8. The Morgan fingerprint density at radius 2 is 2.29 bits per heavy atom. The molecule has 1 amide bonds. The lowest BCUT2D eigenvalue weighted by Crippen LogP contribution is -2.29. The zero-order chi connectivity index (χ0) is 12.8. The van der Waals surface area contributed by atoms with Gasteiger partial charge in [-0.1, -0.05) is 6.92 Å². The Hall–Kier alpha value is -0.940. The molecule has 0 aliphatic carbocycles. The van der Waals surface area contributed by atoms with Crippen molar-refractivity contribution >= 4 is 17.7 Å². The number of rotatable bonds is 6. The Morgan fingerprint density at radius 1 is 1.59 bits per heavy atom. The maximum atomic E-state index is 11.8. The van der Waals surface area contributed by atoms with E-state index in [2.05, 4.69) is 0 Å². The molecule has 4 nitrogen and oxygen atoms in total. The fourth-order valence-corrected chi connectivity index (χ4v) is 2.08. The summed E-state index contributed by atoms with van der Waals surface area (Å²) in [6.07, 6.45) is 1.20. The highest BCUT2D eigenvalue weighted by atomic mass is 32.2. The van der Waals surface area contributed by atoms with Gasteiger partial charge in [-0.3, -0.25) is 4.79 Å². The fourth-order valence-electron chi connectivity index (χ4n) is 1.18. The van der Waals surface area contributed by atoms with Crippen LogP contribution >= 0.6 is 11.8 Å². The van der Waals surface area contributed by atoms with Crippen molar-refractivity contribution in [3.63, 3.8) is 0 Å². The molecule has 0 spiro atoms. The highest BCUT2D eigenvalue weighted by Crippen LogP contribution is 2.15. The molecule has 0 bridgehead atoms. The van der Waals surface area contributed by atoms with Crippen LogP contribution in [0.5, 0.6) is 0 Å². The number of hydrogen-bond donors (Lipinski definition) is 1. The van der Waals surface area contributed by atoms with Crippen molar-refractivity contribution in [2.75, 3.05) is 12.8 Å². The van der Waals surface area contributed by atoms with Crippen LogP contribution in [0.1, 0.15) is 19.6 Å². The van der Waals surface area contributed by atoms with Crippen molar-refractivity contribution < 1.29 is 14.3 Å². The van der Waals surface area contributed by atoms with E-state index in [1.54, 1.807) is 31.2 Å². The Bertz CT molecular complexity index is 338. The second-order valence-electron chi connectivity index (χ2n) is 4.09. The van der Waals surface area contributed by atoms with Crippen LogP contribution in [0.3, 0.4) is 0 Å². The lowest BCUT2D eigenvalue weighted by molar-refractivity contribution is -0.127. The highest BCUT2D eigenvalue weighted by molar-refractivity contribution is 8.00. The Labute approximate surface area is 106 Å². The summed E-state index contributed by atoms with van der Waals surface area (Å²) in [5.74, 6) is 1.19. The van der Waals surface area contributed by atoms with Gasteiger partial charge in [-0.15, -0.1) is 11.8 Å². The van der Waals surface area contributed by atoms with Gasteiger partial charge in [0.15, 0.2) is 0 Å². The first-order valence-corrected chi connectivity index (χ1v) is 6.61. The summed E-state index contributed by atoms with van der Waals surface area (Å²) in [5, 5.41) is 9.38. The molecule has 96 valence electrons. The molecule has 0 aliphatic heterocycles. The van der Waals surface area contributed by atoms with Crippen LogP contribution < -0.4 is 0 Å². The third-order valence-corrected chi connectivity index (χ3v) is 3.88.